The number of nitrogens with zero attached hydrogens (tertiary/aromatic N) is 5. The number of fused-ring (bicyclic) bond motifs is 1. The van der Waals surface area contributed by atoms with Gasteiger partial charge in [0.15, 0.2) is 0 Å². The number of aromatic nitrogens is 2. The second kappa shape index (κ2) is 6.92. The Bertz CT molecular complexity index is 755. The molecule has 126 valence electrons. The molecule has 1 saturated heterocycles. The van der Waals surface area contributed by atoms with Crippen LogP contribution in [0.1, 0.15) is 10.5 Å². The van der Waals surface area contributed by atoms with E-state index < -0.39 is 0 Å². The average molecular weight is 327 g/mol. The van der Waals surface area contributed by atoms with Gasteiger partial charge in [-0.3, -0.25) is 14.6 Å². The van der Waals surface area contributed by atoms with Gasteiger partial charge in [0.25, 0.3) is 5.91 Å². The lowest BCUT2D eigenvalue weighted by atomic mass is 10.3. The summed E-state index contributed by atoms with van der Waals surface area (Å²) in [5.74, 6) is -0.330. The van der Waals surface area contributed by atoms with Gasteiger partial charge in [-0.15, -0.1) is 0 Å². The molecule has 0 radical (unpaired) electrons. The molecule has 24 heavy (non-hydrogen) atoms. The molecule has 0 aliphatic carbocycles. The van der Waals surface area contributed by atoms with Gasteiger partial charge in [0, 0.05) is 33.2 Å². The number of hydrogen-bond acceptors (Lipinski definition) is 5. The van der Waals surface area contributed by atoms with Crippen LogP contribution in [0.4, 0.5) is 0 Å². The predicted octanol–water partition coefficient (Wildman–Crippen LogP) is 0.476. The first-order valence-corrected chi connectivity index (χ1v) is 7.98. The number of likely N-dealkylation sites (N-methyl/N-ethyl adjacent to an activating group) is 2. The van der Waals surface area contributed by atoms with Crippen molar-refractivity contribution >= 4 is 22.8 Å². The third-order valence-electron chi connectivity index (χ3n) is 4.24. The van der Waals surface area contributed by atoms with Crippen LogP contribution >= 0.6 is 0 Å². The van der Waals surface area contributed by atoms with E-state index in [1.54, 1.807) is 11.9 Å². The highest BCUT2D eigenvalue weighted by Crippen LogP contribution is 2.10. The molecule has 1 aliphatic heterocycles. The summed E-state index contributed by atoms with van der Waals surface area (Å²) in [5.41, 5.74) is 1.66. The Morgan fingerprint density at radius 3 is 2.50 bits per heavy atom. The minimum Gasteiger partial charge on any atom is -0.339 e. The molecule has 1 aromatic heterocycles. The summed E-state index contributed by atoms with van der Waals surface area (Å²) in [4.78, 5) is 38.8. The van der Waals surface area contributed by atoms with E-state index in [9.17, 15) is 9.59 Å². The maximum absolute atomic E-state index is 12.5. The highest BCUT2D eigenvalue weighted by atomic mass is 16.2. The summed E-state index contributed by atoms with van der Waals surface area (Å²) < 4.78 is 0. The summed E-state index contributed by atoms with van der Waals surface area (Å²) in [6.45, 7) is 3.18. The number of amides is 2. The smallest absolute Gasteiger partial charge is 0.274 e. The molecular formula is C17H21N5O2. The number of hydrogen-bond donors (Lipinski definition) is 0. The van der Waals surface area contributed by atoms with Gasteiger partial charge in [0.1, 0.15) is 5.69 Å². The van der Waals surface area contributed by atoms with Crippen LogP contribution in [0.5, 0.6) is 0 Å². The molecule has 1 aromatic carbocycles. The fraction of sp³-hybridized carbons (Fsp3) is 0.412. The minimum absolute atomic E-state index is 0.0345. The average Bonchev–Trinajstić information content (AvgIpc) is 2.61. The zero-order valence-electron chi connectivity index (χ0n) is 14.0. The fourth-order valence-electron chi connectivity index (χ4n) is 2.69. The van der Waals surface area contributed by atoms with E-state index in [1.165, 1.54) is 11.1 Å². The second-order valence-corrected chi connectivity index (χ2v) is 6.09. The van der Waals surface area contributed by atoms with Crippen molar-refractivity contribution in [2.24, 2.45) is 0 Å². The van der Waals surface area contributed by atoms with Crippen molar-refractivity contribution in [1.82, 2.24) is 24.7 Å². The highest BCUT2D eigenvalue weighted by molar-refractivity contribution is 5.95. The molecule has 7 heteroatoms. The summed E-state index contributed by atoms with van der Waals surface area (Å²) >= 11 is 0. The van der Waals surface area contributed by atoms with Crippen LogP contribution in [0.15, 0.2) is 30.5 Å². The molecule has 0 saturated carbocycles. The summed E-state index contributed by atoms with van der Waals surface area (Å²) in [6, 6.07) is 7.39. The standard InChI is InChI=1S/C17H21N5O2/c1-20-7-9-22(10-8-20)16(23)12-21(2)17(24)15-11-18-13-5-3-4-6-14(13)19-15/h3-6,11H,7-10,12H2,1-2H3. The largest absolute Gasteiger partial charge is 0.339 e. The first kappa shape index (κ1) is 16.3. The van der Waals surface area contributed by atoms with Crippen LogP contribution in [0, 0.1) is 0 Å². The van der Waals surface area contributed by atoms with Crippen molar-refractivity contribution in [3.63, 3.8) is 0 Å². The zero-order chi connectivity index (χ0) is 17.1. The maximum atomic E-state index is 12.5. The molecule has 1 fully saturated rings. The third kappa shape index (κ3) is 3.51. The quantitative estimate of drug-likeness (QED) is 0.820. The topological polar surface area (TPSA) is 69.6 Å². The van der Waals surface area contributed by atoms with E-state index in [0.717, 1.165) is 18.6 Å². The van der Waals surface area contributed by atoms with Gasteiger partial charge < -0.3 is 14.7 Å². The molecule has 0 spiro atoms. The molecule has 0 unspecified atom stereocenters. The second-order valence-electron chi connectivity index (χ2n) is 6.09. The molecule has 1 aliphatic rings. The number of para-hydroxylation sites is 2. The monoisotopic (exact) mass is 327 g/mol. The molecule has 0 bridgehead atoms. The van der Waals surface area contributed by atoms with Gasteiger partial charge in [-0.2, -0.15) is 0 Å². The van der Waals surface area contributed by atoms with Crippen molar-refractivity contribution in [1.29, 1.82) is 0 Å². The Hall–Kier alpha value is -2.54. The van der Waals surface area contributed by atoms with Crippen molar-refractivity contribution in [2.45, 2.75) is 0 Å². The van der Waals surface area contributed by atoms with E-state index in [-0.39, 0.29) is 24.1 Å². The van der Waals surface area contributed by atoms with E-state index >= 15 is 0 Å². The number of carbonyl (C=O) groups is 2. The van der Waals surface area contributed by atoms with Crippen LogP contribution in [-0.4, -0.2) is 83.3 Å². The van der Waals surface area contributed by atoms with Crippen molar-refractivity contribution in [2.75, 3.05) is 46.8 Å². The predicted molar refractivity (Wildman–Crippen MR) is 90.6 cm³/mol. The minimum atomic E-state index is -0.296. The molecule has 2 heterocycles. The Balaban J connectivity index is 1.66. The van der Waals surface area contributed by atoms with E-state index in [0.29, 0.717) is 18.6 Å². The zero-order valence-corrected chi connectivity index (χ0v) is 14.0. The SMILES string of the molecule is CN1CCN(C(=O)CN(C)C(=O)c2cnc3ccccc3n2)CC1. The Labute approximate surface area is 140 Å². The Kier molecular flexibility index (Phi) is 4.71. The summed E-state index contributed by atoms with van der Waals surface area (Å²) in [7, 11) is 3.66. The van der Waals surface area contributed by atoms with Crippen molar-refractivity contribution in [3.8, 4) is 0 Å². The number of benzene rings is 1. The molecule has 2 amide bonds. The van der Waals surface area contributed by atoms with Gasteiger partial charge in [0.05, 0.1) is 23.8 Å². The number of carbonyl (C=O) groups excluding carboxylic acids is 2. The number of piperazine rings is 1. The lowest BCUT2D eigenvalue weighted by Gasteiger charge is -2.33. The van der Waals surface area contributed by atoms with E-state index in [4.69, 9.17) is 0 Å². The Morgan fingerprint density at radius 1 is 1.12 bits per heavy atom. The molecular weight excluding hydrogens is 306 g/mol. The van der Waals surface area contributed by atoms with Gasteiger partial charge in [0.2, 0.25) is 5.91 Å². The van der Waals surface area contributed by atoms with E-state index in [2.05, 4.69) is 14.9 Å². The Morgan fingerprint density at radius 2 is 1.79 bits per heavy atom. The highest BCUT2D eigenvalue weighted by Gasteiger charge is 2.23. The van der Waals surface area contributed by atoms with Crippen LogP contribution in [0.25, 0.3) is 11.0 Å². The van der Waals surface area contributed by atoms with Crippen LogP contribution in [0.2, 0.25) is 0 Å². The lowest BCUT2D eigenvalue weighted by Crippen LogP contribution is -2.50. The van der Waals surface area contributed by atoms with Crippen LogP contribution < -0.4 is 0 Å². The van der Waals surface area contributed by atoms with Crippen molar-refractivity contribution < 1.29 is 9.59 Å². The van der Waals surface area contributed by atoms with Gasteiger partial charge >= 0.3 is 0 Å². The fourth-order valence-corrected chi connectivity index (χ4v) is 2.69. The van der Waals surface area contributed by atoms with Crippen molar-refractivity contribution in [3.05, 3.63) is 36.2 Å². The maximum Gasteiger partial charge on any atom is 0.274 e. The molecule has 7 nitrogen and oxygen atoms in total. The van der Waals surface area contributed by atoms with Gasteiger partial charge in [-0.05, 0) is 19.2 Å². The lowest BCUT2D eigenvalue weighted by molar-refractivity contribution is -0.133. The summed E-state index contributed by atoms with van der Waals surface area (Å²) in [5, 5.41) is 0. The molecule has 2 aromatic rings. The number of rotatable bonds is 3. The third-order valence-corrected chi connectivity index (χ3v) is 4.24. The molecule has 0 N–H and O–H groups in total. The van der Waals surface area contributed by atoms with Crippen LogP contribution in [0.3, 0.4) is 0 Å². The summed E-state index contributed by atoms with van der Waals surface area (Å²) in [6.07, 6.45) is 1.46. The van der Waals surface area contributed by atoms with E-state index in [1.807, 2.05) is 31.3 Å². The molecule has 3 rings (SSSR count). The van der Waals surface area contributed by atoms with Gasteiger partial charge in [-0.25, -0.2) is 4.98 Å². The van der Waals surface area contributed by atoms with Crippen LogP contribution in [-0.2, 0) is 4.79 Å². The van der Waals surface area contributed by atoms with Gasteiger partial charge in [-0.1, -0.05) is 12.1 Å². The normalized spacial score (nSPS) is 15.5. The molecule has 0 atom stereocenters. The first-order chi connectivity index (χ1) is 11.5. The first-order valence-electron chi connectivity index (χ1n) is 7.98.